The highest BCUT2D eigenvalue weighted by Gasteiger charge is 2.36. The lowest BCUT2D eigenvalue weighted by Crippen LogP contribution is -2.54. The Kier molecular flexibility index (Phi) is 5.59. The van der Waals surface area contributed by atoms with Crippen molar-refractivity contribution in [2.24, 2.45) is 0 Å². The van der Waals surface area contributed by atoms with Crippen molar-refractivity contribution in [3.8, 4) is 5.75 Å². The molecule has 0 aliphatic carbocycles. The molecule has 28 heavy (non-hydrogen) atoms. The van der Waals surface area contributed by atoms with Crippen molar-refractivity contribution in [1.29, 1.82) is 0 Å². The molecular formula is C22H22N2O4. The second kappa shape index (κ2) is 8.08. The van der Waals surface area contributed by atoms with E-state index in [0.717, 1.165) is 16.9 Å². The number of hydrogen-bond acceptors (Lipinski definition) is 4. The lowest BCUT2D eigenvalue weighted by Gasteiger charge is -2.26. The van der Waals surface area contributed by atoms with Gasteiger partial charge in [0.15, 0.2) is 0 Å². The van der Waals surface area contributed by atoms with Crippen molar-refractivity contribution >= 4 is 29.6 Å². The Hall–Kier alpha value is -3.41. The minimum absolute atomic E-state index is 0.101. The molecule has 6 heteroatoms. The highest BCUT2D eigenvalue weighted by atomic mass is 16.5. The maximum absolute atomic E-state index is 12.8. The summed E-state index contributed by atoms with van der Waals surface area (Å²) in [5, 5.41) is 2.22. The number of aryl methyl sites for hydroxylation is 1. The number of anilines is 1. The van der Waals surface area contributed by atoms with Crippen molar-refractivity contribution in [3.05, 3.63) is 65.2 Å². The standard InChI is InChI=1S/C22H22N2O4/c1-4-15(3)28-18-11-7-16(8-12-18)13-19-20(25)23-22(27)24(21(19)26)17-9-5-14(2)6-10-17/h5-13,15H,4H2,1-3H3,(H,23,25,27)/b19-13+/t15-/m0/s1. The Morgan fingerprint density at radius 1 is 1.04 bits per heavy atom. The number of benzene rings is 2. The predicted molar refractivity (Wildman–Crippen MR) is 107 cm³/mol. The summed E-state index contributed by atoms with van der Waals surface area (Å²) in [6.07, 6.45) is 2.46. The number of carbonyl (C=O) groups is 3. The molecule has 1 heterocycles. The number of carbonyl (C=O) groups excluding carboxylic acids is 3. The van der Waals surface area contributed by atoms with Crippen LogP contribution < -0.4 is 15.0 Å². The van der Waals surface area contributed by atoms with Gasteiger partial charge in [0, 0.05) is 0 Å². The number of barbiturate groups is 1. The quantitative estimate of drug-likeness (QED) is 0.634. The lowest BCUT2D eigenvalue weighted by molar-refractivity contribution is -0.122. The number of hydrogen-bond donors (Lipinski definition) is 1. The summed E-state index contributed by atoms with van der Waals surface area (Å²) in [6, 6.07) is 13.3. The van der Waals surface area contributed by atoms with Gasteiger partial charge in [0.25, 0.3) is 11.8 Å². The van der Waals surface area contributed by atoms with Crippen molar-refractivity contribution in [1.82, 2.24) is 5.32 Å². The van der Waals surface area contributed by atoms with Crippen LogP contribution in [0, 0.1) is 6.92 Å². The van der Waals surface area contributed by atoms with Gasteiger partial charge in [0.05, 0.1) is 11.8 Å². The van der Waals surface area contributed by atoms with Crippen LogP contribution in [0.25, 0.3) is 6.08 Å². The van der Waals surface area contributed by atoms with E-state index < -0.39 is 17.8 Å². The molecule has 0 radical (unpaired) electrons. The fraction of sp³-hybridized carbons (Fsp3) is 0.227. The maximum Gasteiger partial charge on any atom is 0.335 e. The van der Waals surface area contributed by atoms with E-state index >= 15 is 0 Å². The van der Waals surface area contributed by atoms with E-state index in [0.29, 0.717) is 17.0 Å². The number of nitrogens with one attached hydrogen (secondary N) is 1. The Balaban J connectivity index is 1.87. The summed E-state index contributed by atoms with van der Waals surface area (Å²) >= 11 is 0. The smallest absolute Gasteiger partial charge is 0.335 e. The molecule has 1 fully saturated rings. The van der Waals surface area contributed by atoms with Gasteiger partial charge in [0.1, 0.15) is 11.3 Å². The molecule has 6 nitrogen and oxygen atoms in total. The number of ether oxygens (including phenoxy) is 1. The van der Waals surface area contributed by atoms with Gasteiger partial charge in [0.2, 0.25) is 0 Å². The first-order valence-electron chi connectivity index (χ1n) is 9.14. The molecule has 4 amide bonds. The number of imide groups is 2. The normalized spacial score (nSPS) is 16.9. The van der Waals surface area contributed by atoms with E-state index in [4.69, 9.17) is 4.74 Å². The molecule has 0 saturated carbocycles. The highest BCUT2D eigenvalue weighted by Crippen LogP contribution is 2.23. The fourth-order valence-electron chi connectivity index (χ4n) is 2.71. The average molecular weight is 378 g/mol. The summed E-state index contributed by atoms with van der Waals surface area (Å²) in [5.41, 5.74) is 1.97. The predicted octanol–water partition coefficient (Wildman–Crippen LogP) is 3.84. The zero-order valence-electron chi connectivity index (χ0n) is 16.1. The van der Waals surface area contributed by atoms with Crippen LogP contribution in [0.15, 0.2) is 54.1 Å². The third kappa shape index (κ3) is 4.11. The summed E-state index contributed by atoms with van der Waals surface area (Å²) in [6.45, 7) is 5.93. The van der Waals surface area contributed by atoms with Crippen LogP contribution in [0.1, 0.15) is 31.4 Å². The molecule has 0 unspecified atom stereocenters. The summed E-state index contributed by atoms with van der Waals surface area (Å²) in [7, 11) is 0. The third-order valence-corrected chi connectivity index (χ3v) is 4.50. The van der Waals surface area contributed by atoms with Crippen LogP contribution in [0.4, 0.5) is 10.5 Å². The van der Waals surface area contributed by atoms with Crippen LogP contribution in [-0.2, 0) is 9.59 Å². The molecule has 1 aliphatic heterocycles. The minimum Gasteiger partial charge on any atom is -0.491 e. The first kappa shape index (κ1) is 19.4. The van der Waals surface area contributed by atoms with E-state index in [9.17, 15) is 14.4 Å². The zero-order chi connectivity index (χ0) is 20.3. The second-order valence-electron chi connectivity index (χ2n) is 6.70. The summed E-state index contributed by atoms with van der Waals surface area (Å²) in [4.78, 5) is 38.2. The van der Waals surface area contributed by atoms with Gasteiger partial charge in [-0.25, -0.2) is 9.69 Å². The average Bonchev–Trinajstić information content (AvgIpc) is 2.67. The molecule has 144 valence electrons. The summed E-state index contributed by atoms with van der Waals surface area (Å²) < 4.78 is 5.73. The van der Waals surface area contributed by atoms with Crippen LogP contribution in [-0.4, -0.2) is 23.9 Å². The van der Waals surface area contributed by atoms with Crippen LogP contribution in [0.2, 0.25) is 0 Å². The van der Waals surface area contributed by atoms with E-state index in [1.165, 1.54) is 6.08 Å². The largest absolute Gasteiger partial charge is 0.491 e. The molecule has 1 aliphatic rings. The van der Waals surface area contributed by atoms with E-state index in [-0.39, 0.29) is 11.7 Å². The van der Waals surface area contributed by atoms with E-state index in [2.05, 4.69) is 5.32 Å². The van der Waals surface area contributed by atoms with Crippen LogP contribution in [0.3, 0.4) is 0 Å². The van der Waals surface area contributed by atoms with Gasteiger partial charge in [-0.05, 0) is 56.2 Å². The lowest BCUT2D eigenvalue weighted by atomic mass is 10.1. The van der Waals surface area contributed by atoms with Crippen molar-refractivity contribution < 1.29 is 19.1 Å². The molecule has 1 saturated heterocycles. The monoisotopic (exact) mass is 378 g/mol. The van der Waals surface area contributed by atoms with Gasteiger partial charge in [-0.15, -0.1) is 0 Å². The number of urea groups is 1. The zero-order valence-corrected chi connectivity index (χ0v) is 16.1. The summed E-state index contributed by atoms with van der Waals surface area (Å²) in [5.74, 6) is -0.650. The molecule has 1 atom stereocenters. The molecule has 0 spiro atoms. The molecular weight excluding hydrogens is 356 g/mol. The number of rotatable bonds is 5. The minimum atomic E-state index is -0.756. The Morgan fingerprint density at radius 3 is 2.29 bits per heavy atom. The van der Waals surface area contributed by atoms with Gasteiger partial charge in [-0.2, -0.15) is 0 Å². The van der Waals surface area contributed by atoms with Crippen molar-refractivity contribution in [3.63, 3.8) is 0 Å². The molecule has 2 aromatic rings. The van der Waals surface area contributed by atoms with Crippen LogP contribution in [0.5, 0.6) is 5.75 Å². The highest BCUT2D eigenvalue weighted by molar-refractivity contribution is 6.39. The number of amides is 4. The van der Waals surface area contributed by atoms with Gasteiger partial charge in [-0.3, -0.25) is 14.9 Å². The molecule has 1 N–H and O–H groups in total. The molecule has 3 rings (SSSR count). The van der Waals surface area contributed by atoms with Gasteiger partial charge in [-0.1, -0.05) is 36.8 Å². The van der Waals surface area contributed by atoms with Crippen LogP contribution >= 0.6 is 0 Å². The topological polar surface area (TPSA) is 75.7 Å². The molecule has 0 aromatic heterocycles. The second-order valence-corrected chi connectivity index (χ2v) is 6.70. The first-order valence-corrected chi connectivity index (χ1v) is 9.14. The first-order chi connectivity index (χ1) is 13.4. The van der Waals surface area contributed by atoms with Gasteiger partial charge < -0.3 is 4.74 Å². The van der Waals surface area contributed by atoms with Gasteiger partial charge >= 0.3 is 6.03 Å². The maximum atomic E-state index is 12.8. The van der Waals surface area contributed by atoms with E-state index in [1.807, 2.05) is 20.8 Å². The number of nitrogens with zero attached hydrogens (tertiary/aromatic N) is 1. The molecule has 2 aromatic carbocycles. The Bertz CT molecular complexity index is 930. The SMILES string of the molecule is CC[C@H](C)Oc1ccc(/C=C2\C(=O)NC(=O)N(c3ccc(C)cc3)C2=O)cc1. The third-order valence-electron chi connectivity index (χ3n) is 4.50. The fourth-order valence-corrected chi connectivity index (χ4v) is 2.71. The van der Waals surface area contributed by atoms with Crippen molar-refractivity contribution in [2.75, 3.05) is 4.90 Å². The molecule has 0 bridgehead atoms. The Morgan fingerprint density at radius 2 is 1.68 bits per heavy atom. The van der Waals surface area contributed by atoms with Crippen molar-refractivity contribution in [2.45, 2.75) is 33.3 Å². The Labute approximate surface area is 163 Å². The van der Waals surface area contributed by atoms with E-state index in [1.54, 1.807) is 48.5 Å².